The van der Waals surface area contributed by atoms with Gasteiger partial charge in [0.05, 0.1) is 0 Å². The Labute approximate surface area is 160 Å². The Morgan fingerprint density at radius 1 is 0.923 bits per heavy atom. The molecule has 0 unspecified atom stereocenters. The third-order valence-corrected chi connectivity index (χ3v) is 4.53. The van der Waals surface area contributed by atoms with E-state index in [1.807, 2.05) is 24.3 Å². The third-order valence-electron chi connectivity index (χ3n) is 4.53. The van der Waals surface area contributed by atoms with Crippen LogP contribution in [0.4, 0.5) is 5.69 Å². The number of rotatable bonds is 15. The van der Waals surface area contributed by atoms with E-state index in [4.69, 9.17) is 4.74 Å². The average molecular weight is 360 g/mol. The fourth-order valence-electron chi connectivity index (χ4n) is 2.84. The lowest BCUT2D eigenvalue weighted by Gasteiger charge is -2.08. The average Bonchev–Trinajstić information content (AvgIpc) is 2.65. The fourth-order valence-corrected chi connectivity index (χ4v) is 2.84. The predicted octanol–water partition coefficient (Wildman–Crippen LogP) is 6.64. The normalized spacial score (nSPS) is 10.5. The molecule has 1 N–H and O–H groups in total. The van der Waals surface area contributed by atoms with Crippen LogP contribution in [0.3, 0.4) is 0 Å². The molecule has 0 aromatic heterocycles. The molecule has 0 atom stereocenters. The quantitative estimate of drug-likeness (QED) is 0.217. The summed E-state index contributed by atoms with van der Waals surface area (Å²) >= 11 is 0. The number of esters is 1. The number of carbonyl (C=O) groups excluding carboxylic acids is 1. The van der Waals surface area contributed by atoms with Crippen molar-refractivity contribution in [2.45, 2.75) is 84.7 Å². The van der Waals surface area contributed by atoms with Gasteiger partial charge < -0.3 is 10.1 Å². The lowest BCUT2D eigenvalue weighted by molar-refractivity contribution is -0.140. The van der Waals surface area contributed by atoms with E-state index in [0.717, 1.165) is 17.8 Å². The van der Waals surface area contributed by atoms with E-state index >= 15 is 0 Å². The zero-order valence-electron chi connectivity index (χ0n) is 16.8. The van der Waals surface area contributed by atoms with Crippen LogP contribution in [-0.4, -0.2) is 12.5 Å². The molecule has 0 fully saturated rings. The molecule has 0 saturated heterocycles. The number of hydrogen-bond acceptors (Lipinski definition) is 3. The second kappa shape index (κ2) is 14.4. The van der Waals surface area contributed by atoms with Crippen LogP contribution in [0.5, 0.6) is 0 Å². The lowest BCUT2D eigenvalue weighted by atomic mass is 10.1. The van der Waals surface area contributed by atoms with Crippen LogP contribution in [0.1, 0.15) is 83.6 Å². The van der Waals surface area contributed by atoms with Crippen LogP contribution in [0.15, 0.2) is 36.4 Å². The van der Waals surface area contributed by atoms with Gasteiger partial charge in [-0.05, 0) is 31.0 Å². The van der Waals surface area contributed by atoms with Gasteiger partial charge in [0, 0.05) is 17.8 Å². The van der Waals surface area contributed by atoms with Crippen molar-refractivity contribution in [2.75, 3.05) is 11.9 Å². The van der Waals surface area contributed by atoms with Crippen molar-refractivity contribution in [3.05, 3.63) is 42.0 Å². The monoisotopic (exact) mass is 359 g/mol. The van der Waals surface area contributed by atoms with Crippen molar-refractivity contribution < 1.29 is 9.53 Å². The molecule has 1 aromatic carbocycles. The van der Waals surface area contributed by atoms with Crippen LogP contribution in [0, 0.1) is 0 Å². The van der Waals surface area contributed by atoms with Gasteiger partial charge >= 0.3 is 5.97 Å². The molecule has 1 aromatic rings. The summed E-state index contributed by atoms with van der Waals surface area (Å²) in [6, 6.07) is 8.07. The van der Waals surface area contributed by atoms with Gasteiger partial charge in [-0.2, -0.15) is 0 Å². The van der Waals surface area contributed by atoms with Gasteiger partial charge in [0.2, 0.25) is 0 Å². The summed E-state index contributed by atoms with van der Waals surface area (Å²) in [7, 11) is 0. The number of anilines is 1. The number of hydrogen-bond donors (Lipinski definition) is 1. The topological polar surface area (TPSA) is 38.3 Å². The van der Waals surface area contributed by atoms with Crippen LogP contribution < -0.4 is 5.32 Å². The molecule has 0 aliphatic heterocycles. The van der Waals surface area contributed by atoms with Crippen molar-refractivity contribution in [2.24, 2.45) is 0 Å². The minimum absolute atomic E-state index is 0.296. The zero-order chi connectivity index (χ0) is 19.0. The first-order valence-corrected chi connectivity index (χ1v) is 10.3. The van der Waals surface area contributed by atoms with E-state index < -0.39 is 0 Å². The standard InChI is InChI=1S/C23H37NO2/c1-4-5-6-7-8-9-10-11-12-13-18-24-22-16-14-21(15-17-22)19-26-23(25)20(2)3/h14-17,24H,2,4-13,18-19H2,1,3H3. The summed E-state index contributed by atoms with van der Waals surface area (Å²) in [6.45, 7) is 8.81. The number of nitrogens with one attached hydrogen (secondary N) is 1. The van der Waals surface area contributed by atoms with Gasteiger partial charge in [-0.25, -0.2) is 4.79 Å². The largest absolute Gasteiger partial charge is 0.457 e. The Kier molecular flexibility index (Phi) is 12.3. The Morgan fingerprint density at radius 2 is 1.46 bits per heavy atom. The van der Waals surface area contributed by atoms with Gasteiger partial charge in [0.1, 0.15) is 6.61 Å². The summed E-state index contributed by atoms with van der Waals surface area (Å²) in [5.41, 5.74) is 2.54. The summed E-state index contributed by atoms with van der Waals surface area (Å²) in [5, 5.41) is 3.46. The number of ether oxygens (including phenoxy) is 1. The Balaban J connectivity index is 2.02. The van der Waals surface area contributed by atoms with Gasteiger partial charge in [-0.15, -0.1) is 0 Å². The molecule has 146 valence electrons. The lowest BCUT2D eigenvalue weighted by Crippen LogP contribution is -2.05. The van der Waals surface area contributed by atoms with Crippen LogP contribution in [0.2, 0.25) is 0 Å². The van der Waals surface area contributed by atoms with Gasteiger partial charge in [-0.3, -0.25) is 0 Å². The van der Waals surface area contributed by atoms with Crippen molar-refractivity contribution in [3.63, 3.8) is 0 Å². The van der Waals surface area contributed by atoms with Crippen molar-refractivity contribution in [1.29, 1.82) is 0 Å². The van der Waals surface area contributed by atoms with Crippen molar-refractivity contribution in [3.8, 4) is 0 Å². The molecular weight excluding hydrogens is 322 g/mol. The second-order valence-corrected chi connectivity index (χ2v) is 7.16. The van der Waals surface area contributed by atoms with Gasteiger partial charge in [-0.1, -0.05) is 83.4 Å². The first-order chi connectivity index (χ1) is 12.6. The predicted molar refractivity (Wildman–Crippen MR) is 111 cm³/mol. The molecule has 3 heteroatoms. The van der Waals surface area contributed by atoms with E-state index in [2.05, 4.69) is 18.8 Å². The molecular formula is C23H37NO2. The maximum atomic E-state index is 11.4. The molecule has 0 saturated carbocycles. The molecule has 0 bridgehead atoms. The molecule has 0 aliphatic carbocycles. The SMILES string of the molecule is C=C(C)C(=O)OCc1ccc(NCCCCCCCCCCCC)cc1. The minimum Gasteiger partial charge on any atom is -0.457 e. The molecule has 0 spiro atoms. The molecule has 0 amide bonds. The van der Waals surface area contributed by atoms with E-state index in [9.17, 15) is 4.79 Å². The van der Waals surface area contributed by atoms with Crippen LogP contribution in [-0.2, 0) is 16.1 Å². The maximum Gasteiger partial charge on any atom is 0.333 e. The number of benzene rings is 1. The highest BCUT2D eigenvalue weighted by Crippen LogP contribution is 2.13. The first-order valence-electron chi connectivity index (χ1n) is 10.3. The summed E-state index contributed by atoms with van der Waals surface area (Å²) < 4.78 is 5.14. The fraction of sp³-hybridized carbons (Fsp3) is 0.609. The highest BCUT2D eigenvalue weighted by Gasteiger charge is 2.03. The minimum atomic E-state index is -0.340. The molecule has 0 radical (unpaired) electrons. The molecule has 3 nitrogen and oxygen atoms in total. The number of carbonyl (C=O) groups is 1. The zero-order valence-corrected chi connectivity index (χ0v) is 16.8. The summed E-state index contributed by atoms with van der Waals surface area (Å²) in [4.78, 5) is 11.4. The van der Waals surface area contributed by atoms with Crippen LogP contribution in [0.25, 0.3) is 0 Å². The Bertz CT molecular complexity index is 507. The summed E-state index contributed by atoms with van der Waals surface area (Å²) in [6.07, 6.45) is 13.6. The smallest absolute Gasteiger partial charge is 0.333 e. The Hall–Kier alpha value is -1.77. The van der Waals surface area contributed by atoms with Crippen molar-refractivity contribution >= 4 is 11.7 Å². The molecule has 1 rings (SSSR count). The van der Waals surface area contributed by atoms with E-state index in [1.165, 1.54) is 64.2 Å². The van der Waals surface area contributed by atoms with Crippen molar-refractivity contribution in [1.82, 2.24) is 0 Å². The third kappa shape index (κ3) is 11.0. The van der Waals surface area contributed by atoms with E-state index in [1.54, 1.807) is 6.92 Å². The van der Waals surface area contributed by atoms with Crippen LogP contribution >= 0.6 is 0 Å². The second-order valence-electron chi connectivity index (χ2n) is 7.16. The Morgan fingerprint density at radius 3 is 2.00 bits per heavy atom. The highest BCUT2D eigenvalue weighted by molar-refractivity contribution is 5.86. The summed E-state index contributed by atoms with van der Waals surface area (Å²) in [5.74, 6) is -0.340. The first kappa shape index (κ1) is 22.3. The van der Waals surface area contributed by atoms with E-state index in [0.29, 0.717) is 12.2 Å². The van der Waals surface area contributed by atoms with E-state index in [-0.39, 0.29) is 5.97 Å². The van der Waals surface area contributed by atoms with Gasteiger partial charge in [0.25, 0.3) is 0 Å². The molecule has 0 heterocycles. The molecule has 26 heavy (non-hydrogen) atoms. The number of unbranched alkanes of at least 4 members (excludes halogenated alkanes) is 9. The maximum absolute atomic E-state index is 11.4. The van der Waals surface area contributed by atoms with Gasteiger partial charge in [0.15, 0.2) is 0 Å². The highest BCUT2D eigenvalue weighted by atomic mass is 16.5. The molecule has 0 aliphatic rings.